The summed E-state index contributed by atoms with van der Waals surface area (Å²) < 4.78 is 21.8. The second-order valence-corrected chi connectivity index (χ2v) is 3.61. The van der Waals surface area contributed by atoms with Crippen molar-refractivity contribution < 1.29 is 23.5 Å². The number of H-pyrrole nitrogens is 1. The van der Waals surface area contributed by atoms with Crippen LogP contribution in [0.3, 0.4) is 0 Å². The Balaban J connectivity index is 3.31. The molecular formula is C4H5N3O5S. The predicted octanol–water partition coefficient (Wildman–Crippen LogP) is -1.22. The van der Waals surface area contributed by atoms with Crippen molar-refractivity contribution in [2.75, 3.05) is 0 Å². The van der Waals surface area contributed by atoms with Crippen LogP contribution < -0.4 is 4.89 Å². The van der Waals surface area contributed by atoms with Gasteiger partial charge in [0, 0.05) is 0 Å². The molecule has 1 rings (SSSR count). The molecule has 0 aliphatic rings. The van der Waals surface area contributed by atoms with Gasteiger partial charge in [0.15, 0.2) is 5.03 Å². The minimum atomic E-state index is -4.22. The summed E-state index contributed by atoms with van der Waals surface area (Å²) in [7, 11) is -4.22. The standard InChI is InChI=1S/C4H5N3O5S/c8-4(9)2-1-5-6-3(2)13(11,12)7-10/h1,7,10H,(H,5,6)(H,8,9). The van der Waals surface area contributed by atoms with Crippen molar-refractivity contribution in [3.8, 4) is 0 Å². The van der Waals surface area contributed by atoms with Crippen LogP contribution in [0.1, 0.15) is 10.4 Å². The normalized spacial score (nSPS) is 11.5. The van der Waals surface area contributed by atoms with Crippen LogP contribution in [0.15, 0.2) is 11.2 Å². The van der Waals surface area contributed by atoms with E-state index in [-0.39, 0.29) is 0 Å². The molecule has 9 heteroatoms. The number of hydrogen-bond acceptors (Lipinski definition) is 5. The Labute approximate surface area is 72.2 Å². The van der Waals surface area contributed by atoms with Gasteiger partial charge >= 0.3 is 5.97 Å². The van der Waals surface area contributed by atoms with E-state index < -0.39 is 26.6 Å². The molecule has 0 aromatic carbocycles. The summed E-state index contributed by atoms with van der Waals surface area (Å²) in [6.07, 6.45) is 0.826. The Bertz CT molecular complexity index is 421. The third-order valence-corrected chi connectivity index (χ3v) is 2.31. The molecule has 0 aliphatic carbocycles. The number of sulfonamides is 1. The number of nitrogens with one attached hydrogen (secondary N) is 2. The van der Waals surface area contributed by atoms with Gasteiger partial charge in [0.05, 0.1) is 6.20 Å². The highest BCUT2D eigenvalue weighted by Crippen LogP contribution is 2.10. The number of aromatic carboxylic acids is 1. The maximum Gasteiger partial charge on any atom is 0.340 e. The van der Waals surface area contributed by atoms with Crippen molar-refractivity contribution in [2.45, 2.75) is 5.03 Å². The smallest absolute Gasteiger partial charge is 0.340 e. The first kappa shape index (κ1) is 9.64. The van der Waals surface area contributed by atoms with E-state index in [1.54, 1.807) is 0 Å². The highest BCUT2D eigenvalue weighted by Gasteiger charge is 2.23. The van der Waals surface area contributed by atoms with Gasteiger partial charge in [-0.1, -0.05) is 4.89 Å². The summed E-state index contributed by atoms with van der Waals surface area (Å²) in [6, 6.07) is 0. The van der Waals surface area contributed by atoms with Gasteiger partial charge in [-0.3, -0.25) is 5.10 Å². The van der Waals surface area contributed by atoms with E-state index in [0.29, 0.717) is 0 Å². The third-order valence-electron chi connectivity index (χ3n) is 1.22. The van der Waals surface area contributed by atoms with Crippen LogP contribution in [0.5, 0.6) is 0 Å². The van der Waals surface area contributed by atoms with Crippen molar-refractivity contribution >= 4 is 16.0 Å². The Morgan fingerprint density at radius 1 is 1.62 bits per heavy atom. The lowest BCUT2D eigenvalue weighted by Gasteiger charge is -1.97. The zero-order chi connectivity index (χ0) is 10.1. The minimum absolute atomic E-state index is 0.540. The number of rotatable bonds is 3. The summed E-state index contributed by atoms with van der Waals surface area (Å²) in [5.74, 6) is -1.46. The molecule has 0 fully saturated rings. The van der Waals surface area contributed by atoms with Crippen LogP contribution in [0, 0.1) is 0 Å². The van der Waals surface area contributed by atoms with Gasteiger partial charge in [-0.25, -0.2) is 13.2 Å². The summed E-state index contributed by atoms with van der Waals surface area (Å²) >= 11 is 0. The van der Waals surface area contributed by atoms with Crippen molar-refractivity contribution in [3.05, 3.63) is 11.8 Å². The topological polar surface area (TPSA) is 132 Å². The van der Waals surface area contributed by atoms with Gasteiger partial charge in [-0.15, -0.1) is 0 Å². The maximum atomic E-state index is 10.9. The first-order valence-electron chi connectivity index (χ1n) is 2.91. The van der Waals surface area contributed by atoms with Crippen molar-refractivity contribution in [2.24, 2.45) is 0 Å². The average Bonchev–Trinajstić information content (AvgIpc) is 2.52. The molecule has 0 atom stereocenters. The van der Waals surface area contributed by atoms with Crippen molar-refractivity contribution in [1.29, 1.82) is 0 Å². The van der Waals surface area contributed by atoms with Gasteiger partial charge < -0.3 is 10.3 Å². The van der Waals surface area contributed by atoms with Crippen molar-refractivity contribution in [1.82, 2.24) is 15.1 Å². The molecule has 0 bridgehead atoms. The van der Waals surface area contributed by atoms with Crippen LogP contribution in [0.2, 0.25) is 0 Å². The van der Waals surface area contributed by atoms with Crippen molar-refractivity contribution in [3.63, 3.8) is 0 Å². The Morgan fingerprint density at radius 3 is 2.69 bits per heavy atom. The highest BCUT2D eigenvalue weighted by atomic mass is 32.2. The molecular weight excluding hydrogens is 202 g/mol. The van der Waals surface area contributed by atoms with E-state index in [1.807, 2.05) is 5.10 Å². The average molecular weight is 207 g/mol. The van der Waals surface area contributed by atoms with E-state index in [1.165, 1.54) is 0 Å². The van der Waals surface area contributed by atoms with E-state index in [0.717, 1.165) is 11.1 Å². The lowest BCUT2D eigenvalue weighted by Crippen LogP contribution is -2.21. The molecule has 0 unspecified atom stereocenters. The fraction of sp³-hybridized carbons (Fsp3) is 0. The molecule has 0 saturated carbocycles. The van der Waals surface area contributed by atoms with Gasteiger partial charge in [0.1, 0.15) is 5.56 Å². The lowest BCUT2D eigenvalue weighted by molar-refractivity contribution is 0.0692. The maximum absolute atomic E-state index is 10.9. The largest absolute Gasteiger partial charge is 0.478 e. The van der Waals surface area contributed by atoms with Gasteiger partial charge in [0.2, 0.25) is 0 Å². The fourth-order valence-electron chi connectivity index (χ4n) is 0.677. The van der Waals surface area contributed by atoms with Crippen LogP contribution in [-0.2, 0) is 10.0 Å². The van der Waals surface area contributed by atoms with Crippen LogP contribution in [0.4, 0.5) is 0 Å². The second kappa shape index (κ2) is 3.12. The van der Waals surface area contributed by atoms with Gasteiger partial charge in [-0.05, 0) is 0 Å². The molecule has 0 radical (unpaired) electrons. The summed E-state index contributed by atoms with van der Waals surface area (Å²) in [5, 5.41) is 21.1. The van der Waals surface area contributed by atoms with Crippen LogP contribution in [0.25, 0.3) is 0 Å². The fourth-order valence-corrected chi connectivity index (χ4v) is 1.37. The number of carbonyl (C=O) groups is 1. The van der Waals surface area contributed by atoms with E-state index in [4.69, 9.17) is 10.3 Å². The molecule has 4 N–H and O–H groups in total. The summed E-state index contributed by atoms with van der Waals surface area (Å²) in [5.41, 5.74) is -0.540. The minimum Gasteiger partial charge on any atom is -0.478 e. The van der Waals surface area contributed by atoms with E-state index in [2.05, 4.69) is 5.10 Å². The van der Waals surface area contributed by atoms with E-state index >= 15 is 0 Å². The highest BCUT2D eigenvalue weighted by molar-refractivity contribution is 7.89. The molecule has 0 spiro atoms. The molecule has 1 aromatic rings. The zero-order valence-electron chi connectivity index (χ0n) is 6.05. The summed E-state index contributed by atoms with van der Waals surface area (Å²) in [4.78, 5) is 11.4. The molecule has 1 aromatic heterocycles. The van der Waals surface area contributed by atoms with Gasteiger partial charge in [0.25, 0.3) is 10.0 Å². The Kier molecular flexibility index (Phi) is 2.32. The molecule has 72 valence electrons. The molecule has 1 heterocycles. The van der Waals surface area contributed by atoms with Crippen LogP contribution >= 0.6 is 0 Å². The molecule has 0 saturated heterocycles. The zero-order valence-corrected chi connectivity index (χ0v) is 6.87. The van der Waals surface area contributed by atoms with E-state index in [9.17, 15) is 13.2 Å². The Hall–Kier alpha value is -1.45. The lowest BCUT2D eigenvalue weighted by atomic mass is 10.4. The molecule has 0 amide bonds. The number of hydrogen-bond donors (Lipinski definition) is 4. The summed E-state index contributed by atoms with van der Waals surface area (Å²) in [6.45, 7) is 0. The monoisotopic (exact) mass is 207 g/mol. The number of carboxylic acids is 1. The molecule has 8 nitrogen and oxygen atoms in total. The van der Waals surface area contributed by atoms with Crippen LogP contribution in [-0.4, -0.2) is 34.9 Å². The van der Waals surface area contributed by atoms with Gasteiger partial charge in [-0.2, -0.15) is 5.10 Å². The third kappa shape index (κ3) is 1.66. The SMILES string of the molecule is O=C(O)c1cn[nH]c1S(=O)(=O)NO. The quantitative estimate of drug-likeness (QED) is 0.459. The number of aromatic amines is 1. The Morgan fingerprint density at radius 2 is 2.23 bits per heavy atom. The number of carboxylic acid groups (broad SMARTS) is 1. The number of aromatic nitrogens is 2. The molecule has 13 heavy (non-hydrogen) atoms. The first-order valence-corrected chi connectivity index (χ1v) is 4.40. The number of nitrogens with zero attached hydrogens (tertiary/aromatic N) is 1. The predicted molar refractivity (Wildman–Crippen MR) is 37.7 cm³/mol. The molecule has 0 aliphatic heterocycles. The second-order valence-electron chi connectivity index (χ2n) is 2.01. The first-order chi connectivity index (χ1) is 5.99.